The first-order valence-corrected chi connectivity index (χ1v) is 7.53. The maximum absolute atomic E-state index is 11.0. The van der Waals surface area contributed by atoms with Crippen LogP contribution in [0.25, 0.3) is 0 Å². The second-order valence-corrected chi connectivity index (χ2v) is 5.47. The van der Waals surface area contributed by atoms with Gasteiger partial charge in [-0.05, 0) is 58.4 Å². The molecule has 0 aliphatic rings. The summed E-state index contributed by atoms with van der Waals surface area (Å²) in [6, 6.07) is 0. The van der Waals surface area contributed by atoms with E-state index in [1.165, 1.54) is 30.4 Å². The average molecular weight is 262 g/mol. The molecule has 0 aromatic carbocycles. The number of carbonyl (C=O) groups is 1. The first-order valence-electron chi connectivity index (χ1n) is 7.53. The molecule has 1 nitrogen and oxygen atoms in total. The highest BCUT2D eigenvalue weighted by Gasteiger charge is 1.95. The summed E-state index contributed by atoms with van der Waals surface area (Å²) >= 11 is 0. The number of rotatable bonds is 10. The Morgan fingerprint density at radius 3 is 2.26 bits per heavy atom. The number of hydrogen-bond acceptors (Lipinski definition) is 1. The van der Waals surface area contributed by atoms with Crippen LogP contribution in [0.15, 0.2) is 34.9 Å². The minimum Gasteiger partial charge on any atom is -0.298 e. The highest BCUT2D eigenvalue weighted by Crippen LogP contribution is 2.11. The lowest BCUT2D eigenvalue weighted by Gasteiger charge is -2.00. The van der Waals surface area contributed by atoms with Crippen molar-refractivity contribution in [1.29, 1.82) is 0 Å². The summed E-state index contributed by atoms with van der Waals surface area (Å²) in [7, 11) is 0. The molecule has 0 aliphatic heterocycles. The van der Waals surface area contributed by atoms with E-state index in [-0.39, 0.29) is 0 Å². The molecule has 0 spiro atoms. The van der Waals surface area contributed by atoms with Gasteiger partial charge >= 0.3 is 0 Å². The van der Waals surface area contributed by atoms with Gasteiger partial charge < -0.3 is 0 Å². The van der Waals surface area contributed by atoms with Crippen LogP contribution in [-0.2, 0) is 4.79 Å². The molecule has 0 fully saturated rings. The van der Waals surface area contributed by atoms with Gasteiger partial charge in [-0.3, -0.25) is 4.79 Å². The summed E-state index contributed by atoms with van der Waals surface area (Å²) in [5, 5.41) is 0. The topological polar surface area (TPSA) is 17.1 Å². The Bertz CT molecular complexity index is 328. The SMILES string of the molecule is CCCCC/C=C(\C=O)C/C=C(\C)CCC=C(C)C. The molecule has 0 heterocycles. The summed E-state index contributed by atoms with van der Waals surface area (Å²) in [5.41, 5.74) is 3.67. The van der Waals surface area contributed by atoms with Gasteiger partial charge in [-0.15, -0.1) is 0 Å². The smallest absolute Gasteiger partial charge is 0.146 e. The summed E-state index contributed by atoms with van der Waals surface area (Å²) in [4.78, 5) is 11.0. The van der Waals surface area contributed by atoms with Gasteiger partial charge in [-0.2, -0.15) is 0 Å². The Morgan fingerprint density at radius 1 is 0.947 bits per heavy atom. The Labute approximate surface area is 119 Å². The lowest BCUT2D eigenvalue weighted by molar-refractivity contribution is -0.105. The van der Waals surface area contributed by atoms with E-state index in [1.54, 1.807) is 0 Å². The number of allylic oxidation sites excluding steroid dienone is 6. The fourth-order valence-electron chi connectivity index (χ4n) is 1.84. The molecule has 0 rings (SSSR count). The number of hydrogen-bond donors (Lipinski definition) is 0. The number of unbranched alkanes of at least 4 members (excludes halogenated alkanes) is 3. The molecule has 0 saturated heterocycles. The van der Waals surface area contributed by atoms with Gasteiger partial charge in [0.15, 0.2) is 0 Å². The van der Waals surface area contributed by atoms with Crippen LogP contribution >= 0.6 is 0 Å². The van der Waals surface area contributed by atoms with Crippen molar-refractivity contribution in [1.82, 2.24) is 0 Å². The fourth-order valence-corrected chi connectivity index (χ4v) is 1.84. The van der Waals surface area contributed by atoms with E-state index < -0.39 is 0 Å². The summed E-state index contributed by atoms with van der Waals surface area (Å²) < 4.78 is 0. The van der Waals surface area contributed by atoms with Gasteiger partial charge in [0.25, 0.3) is 0 Å². The third-order valence-corrected chi connectivity index (χ3v) is 3.14. The zero-order valence-corrected chi connectivity index (χ0v) is 13.2. The quantitative estimate of drug-likeness (QED) is 0.211. The van der Waals surface area contributed by atoms with Gasteiger partial charge in [-0.25, -0.2) is 0 Å². The lowest BCUT2D eigenvalue weighted by atomic mass is 10.1. The molecule has 0 saturated carbocycles. The van der Waals surface area contributed by atoms with Crippen LogP contribution in [0.3, 0.4) is 0 Å². The zero-order valence-electron chi connectivity index (χ0n) is 13.2. The van der Waals surface area contributed by atoms with E-state index in [0.29, 0.717) is 0 Å². The first kappa shape index (κ1) is 17.9. The molecule has 0 atom stereocenters. The van der Waals surface area contributed by atoms with Crippen molar-refractivity contribution in [3.05, 3.63) is 34.9 Å². The van der Waals surface area contributed by atoms with Gasteiger partial charge in [0.05, 0.1) is 0 Å². The van der Waals surface area contributed by atoms with Gasteiger partial charge in [0.2, 0.25) is 0 Å². The van der Waals surface area contributed by atoms with Crippen LogP contribution in [0.4, 0.5) is 0 Å². The lowest BCUT2D eigenvalue weighted by Crippen LogP contribution is -1.85. The predicted octanol–water partition coefficient (Wildman–Crippen LogP) is 5.77. The molecule has 0 radical (unpaired) electrons. The molecule has 0 amide bonds. The van der Waals surface area contributed by atoms with E-state index in [9.17, 15) is 4.79 Å². The van der Waals surface area contributed by atoms with E-state index in [4.69, 9.17) is 0 Å². The average Bonchev–Trinajstić information content (AvgIpc) is 2.37. The highest BCUT2D eigenvalue weighted by atomic mass is 16.1. The van der Waals surface area contributed by atoms with E-state index in [1.807, 2.05) is 0 Å². The monoisotopic (exact) mass is 262 g/mol. The molecule has 0 aliphatic carbocycles. The number of carbonyl (C=O) groups excluding carboxylic acids is 1. The highest BCUT2D eigenvalue weighted by molar-refractivity contribution is 5.73. The van der Waals surface area contributed by atoms with Crippen LogP contribution in [0, 0.1) is 0 Å². The molecular weight excluding hydrogens is 232 g/mol. The molecular formula is C18H30O. The van der Waals surface area contributed by atoms with Crippen LogP contribution in [0.5, 0.6) is 0 Å². The van der Waals surface area contributed by atoms with Crippen LogP contribution in [0.2, 0.25) is 0 Å². The Kier molecular flexibility index (Phi) is 11.3. The molecule has 0 aromatic rings. The van der Waals surface area contributed by atoms with Crippen molar-refractivity contribution in [2.24, 2.45) is 0 Å². The molecule has 108 valence electrons. The molecule has 0 bridgehead atoms. The maximum Gasteiger partial charge on any atom is 0.146 e. The van der Waals surface area contributed by atoms with Gasteiger partial charge in [0, 0.05) is 0 Å². The second-order valence-electron chi connectivity index (χ2n) is 5.47. The van der Waals surface area contributed by atoms with E-state index >= 15 is 0 Å². The van der Waals surface area contributed by atoms with Crippen LogP contribution < -0.4 is 0 Å². The Balaban J connectivity index is 4.09. The third kappa shape index (κ3) is 11.7. The Hall–Kier alpha value is -1.11. The zero-order chi connectivity index (χ0) is 14.5. The van der Waals surface area contributed by atoms with E-state index in [0.717, 1.165) is 37.5 Å². The first-order chi connectivity index (χ1) is 9.10. The summed E-state index contributed by atoms with van der Waals surface area (Å²) in [6.07, 6.45) is 15.2. The van der Waals surface area contributed by atoms with E-state index in [2.05, 4.69) is 45.9 Å². The second kappa shape index (κ2) is 12.0. The molecule has 19 heavy (non-hydrogen) atoms. The minimum atomic E-state index is 0.788. The minimum absolute atomic E-state index is 0.788. The van der Waals surface area contributed by atoms with Crippen molar-refractivity contribution in [2.75, 3.05) is 0 Å². The summed E-state index contributed by atoms with van der Waals surface area (Å²) in [5.74, 6) is 0. The predicted molar refractivity (Wildman–Crippen MR) is 85.3 cm³/mol. The Morgan fingerprint density at radius 2 is 1.68 bits per heavy atom. The maximum atomic E-state index is 11.0. The number of aldehydes is 1. The van der Waals surface area contributed by atoms with Gasteiger partial charge in [-0.1, -0.05) is 49.1 Å². The van der Waals surface area contributed by atoms with Crippen molar-refractivity contribution < 1.29 is 4.79 Å². The standard InChI is InChI=1S/C18H30O/c1-5-6-7-8-12-18(15-19)14-13-17(4)11-9-10-16(2)3/h10,12-13,15H,5-9,11,14H2,1-4H3/b17-13+,18-12-. The fraction of sp³-hybridized carbons (Fsp3) is 0.611. The third-order valence-electron chi connectivity index (χ3n) is 3.14. The molecule has 0 unspecified atom stereocenters. The van der Waals surface area contributed by atoms with Crippen molar-refractivity contribution in [3.63, 3.8) is 0 Å². The van der Waals surface area contributed by atoms with Gasteiger partial charge in [0.1, 0.15) is 6.29 Å². The van der Waals surface area contributed by atoms with Crippen LogP contribution in [0.1, 0.15) is 72.6 Å². The summed E-state index contributed by atoms with van der Waals surface area (Å²) in [6.45, 7) is 8.60. The normalized spacial score (nSPS) is 12.4. The van der Waals surface area contributed by atoms with Crippen molar-refractivity contribution >= 4 is 6.29 Å². The van der Waals surface area contributed by atoms with Crippen molar-refractivity contribution in [3.8, 4) is 0 Å². The molecule has 0 N–H and O–H groups in total. The molecule has 1 heteroatoms. The molecule has 0 aromatic heterocycles. The van der Waals surface area contributed by atoms with Crippen molar-refractivity contribution in [2.45, 2.75) is 72.6 Å². The van der Waals surface area contributed by atoms with Crippen LogP contribution in [-0.4, -0.2) is 6.29 Å². The largest absolute Gasteiger partial charge is 0.298 e.